The molecule has 2 bridgehead atoms. The molecule has 2 aliphatic carbocycles. The van der Waals surface area contributed by atoms with Gasteiger partial charge in [0.15, 0.2) is 0 Å². The lowest BCUT2D eigenvalue weighted by molar-refractivity contribution is -0.153. The van der Waals surface area contributed by atoms with Crippen molar-refractivity contribution in [3.63, 3.8) is 0 Å². The first kappa shape index (κ1) is 17.8. The van der Waals surface area contributed by atoms with E-state index >= 15 is 0 Å². The van der Waals surface area contributed by atoms with E-state index < -0.39 is 11.9 Å². The van der Waals surface area contributed by atoms with Gasteiger partial charge in [-0.2, -0.15) is 0 Å². The Hall–Kier alpha value is -1.59. The normalized spacial score (nSPS) is 31.3. The molecule has 1 N–H and O–H groups in total. The first-order valence-corrected chi connectivity index (χ1v) is 9.89. The van der Waals surface area contributed by atoms with Crippen molar-refractivity contribution in [2.24, 2.45) is 23.7 Å². The third kappa shape index (κ3) is 3.35. The maximum absolute atomic E-state index is 13.0. The van der Waals surface area contributed by atoms with Gasteiger partial charge in [0.1, 0.15) is 0 Å². The van der Waals surface area contributed by atoms with Crippen LogP contribution in [0, 0.1) is 23.7 Å². The third-order valence-corrected chi connectivity index (χ3v) is 6.70. The van der Waals surface area contributed by atoms with Crippen molar-refractivity contribution in [1.29, 1.82) is 0 Å². The van der Waals surface area contributed by atoms with Gasteiger partial charge in [-0.25, -0.2) is 0 Å². The number of carboxylic acids is 1. The average molecular weight is 377 g/mol. The zero-order valence-corrected chi connectivity index (χ0v) is 15.6. The van der Waals surface area contributed by atoms with Gasteiger partial charge in [0.25, 0.3) is 0 Å². The van der Waals surface area contributed by atoms with Crippen LogP contribution < -0.4 is 0 Å². The number of hydrogen-bond donors (Lipinski definition) is 1. The van der Waals surface area contributed by atoms with Crippen LogP contribution in [0.15, 0.2) is 24.3 Å². The molecule has 0 spiro atoms. The molecule has 0 radical (unpaired) electrons. The summed E-state index contributed by atoms with van der Waals surface area (Å²) in [6.07, 6.45) is 2.90. The van der Waals surface area contributed by atoms with Crippen LogP contribution in [0.5, 0.6) is 0 Å². The molecule has 0 unspecified atom stereocenters. The predicted octanol–water partition coefficient (Wildman–Crippen LogP) is 2.73. The molecule has 6 heteroatoms. The van der Waals surface area contributed by atoms with E-state index in [1.54, 1.807) is 0 Å². The average Bonchev–Trinajstić information content (AvgIpc) is 3.23. The maximum Gasteiger partial charge on any atom is 0.307 e. The Morgan fingerprint density at radius 1 is 1.08 bits per heavy atom. The van der Waals surface area contributed by atoms with Crippen LogP contribution in [0.25, 0.3) is 0 Å². The Morgan fingerprint density at radius 2 is 1.77 bits per heavy atom. The van der Waals surface area contributed by atoms with E-state index in [1.165, 1.54) is 5.56 Å². The Bertz CT molecular complexity index is 702. The summed E-state index contributed by atoms with van der Waals surface area (Å²) in [5.41, 5.74) is 1.18. The van der Waals surface area contributed by atoms with E-state index in [-0.39, 0.29) is 23.7 Å². The number of carbonyl (C=O) groups is 2. The van der Waals surface area contributed by atoms with Crippen molar-refractivity contribution >= 4 is 23.5 Å². The van der Waals surface area contributed by atoms with Crippen LogP contribution in [0.1, 0.15) is 24.8 Å². The summed E-state index contributed by atoms with van der Waals surface area (Å²) in [5, 5.41) is 10.3. The third-order valence-electron chi connectivity index (χ3n) is 6.47. The lowest BCUT2D eigenvalue weighted by atomic mass is 9.78. The van der Waals surface area contributed by atoms with Gasteiger partial charge >= 0.3 is 5.97 Å². The van der Waals surface area contributed by atoms with Crippen LogP contribution >= 0.6 is 11.6 Å². The quantitative estimate of drug-likeness (QED) is 0.877. The number of rotatable bonds is 4. The first-order chi connectivity index (χ1) is 12.5. The van der Waals surface area contributed by atoms with Crippen molar-refractivity contribution in [1.82, 2.24) is 9.80 Å². The zero-order valence-electron chi connectivity index (χ0n) is 14.8. The molecule has 26 heavy (non-hydrogen) atoms. The Balaban J connectivity index is 1.36. The maximum atomic E-state index is 13.0. The fourth-order valence-corrected chi connectivity index (χ4v) is 5.45. The van der Waals surface area contributed by atoms with E-state index in [1.807, 2.05) is 23.1 Å². The largest absolute Gasteiger partial charge is 0.481 e. The lowest BCUT2D eigenvalue weighted by Crippen LogP contribution is -2.52. The highest BCUT2D eigenvalue weighted by Crippen LogP contribution is 2.53. The number of carbonyl (C=O) groups excluding carboxylic acids is 1. The number of aliphatic carboxylic acids is 1. The highest BCUT2D eigenvalue weighted by molar-refractivity contribution is 6.30. The van der Waals surface area contributed by atoms with E-state index in [9.17, 15) is 14.7 Å². The van der Waals surface area contributed by atoms with Gasteiger partial charge in [-0.1, -0.05) is 23.7 Å². The fourth-order valence-electron chi connectivity index (χ4n) is 5.23. The van der Waals surface area contributed by atoms with Crippen LogP contribution in [0.2, 0.25) is 5.02 Å². The minimum Gasteiger partial charge on any atom is -0.481 e. The number of nitrogens with zero attached hydrogens (tertiary/aromatic N) is 2. The summed E-state index contributed by atoms with van der Waals surface area (Å²) >= 11 is 6.05. The van der Waals surface area contributed by atoms with E-state index in [2.05, 4.69) is 11.0 Å². The minimum atomic E-state index is -0.782. The van der Waals surface area contributed by atoms with Gasteiger partial charge in [-0.05, 0) is 48.8 Å². The van der Waals surface area contributed by atoms with Crippen molar-refractivity contribution < 1.29 is 14.7 Å². The van der Waals surface area contributed by atoms with Crippen molar-refractivity contribution in [2.75, 3.05) is 26.2 Å². The number of fused-ring (bicyclic) bond motifs is 2. The zero-order chi connectivity index (χ0) is 18.3. The molecule has 1 amide bonds. The summed E-state index contributed by atoms with van der Waals surface area (Å²) in [5.74, 6) is -0.993. The Morgan fingerprint density at radius 3 is 2.42 bits per heavy atom. The fraction of sp³-hybridized carbons (Fsp3) is 0.600. The molecule has 1 heterocycles. The number of halogens is 1. The van der Waals surface area contributed by atoms with Crippen LogP contribution in [0.3, 0.4) is 0 Å². The molecule has 1 aliphatic heterocycles. The molecule has 3 aliphatic rings. The van der Waals surface area contributed by atoms with Crippen LogP contribution in [0.4, 0.5) is 0 Å². The second kappa shape index (κ2) is 7.20. The summed E-state index contributed by atoms with van der Waals surface area (Å²) in [4.78, 5) is 28.9. The molecule has 2 saturated carbocycles. The number of piperazine rings is 1. The van der Waals surface area contributed by atoms with Crippen molar-refractivity contribution in [3.8, 4) is 0 Å². The number of benzene rings is 1. The van der Waals surface area contributed by atoms with Gasteiger partial charge in [0.05, 0.1) is 11.8 Å². The molecule has 1 aromatic carbocycles. The standard InChI is InChI=1S/C20H25ClN2O3/c21-16-3-1-2-13(10-16)12-22-6-8-23(9-7-22)19(24)17-14-4-5-15(11-14)18(17)20(25)26/h1-3,10,14-15,17-18H,4-9,11-12H2,(H,25,26)/t14-,15-,17+,18+/m0/s1. The molecular formula is C20H25ClN2O3. The first-order valence-electron chi connectivity index (χ1n) is 9.51. The summed E-state index contributed by atoms with van der Waals surface area (Å²) in [7, 11) is 0. The number of carboxylic acid groups (broad SMARTS) is 1. The summed E-state index contributed by atoms with van der Waals surface area (Å²) in [6.45, 7) is 3.82. The minimum absolute atomic E-state index is 0.0759. The second-order valence-corrected chi connectivity index (χ2v) is 8.39. The van der Waals surface area contributed by atoms with E-state index in [0.717, 1.165) is 43.9 Å². The van der Waals surface area contributed by atoms with Crippen molar-refractivity contribution in [3.05, 3.63) is 34.9 Å². The molecule has 1 saturated heterocycles. The molecule has 140 valence electrons. The summed E-state index contributed by atoms with van der Waals surface area (Å²) in [6, 6.07) is 7.87. The van der Waals surface area contributed by atoms with Crippen molar-refractivity contribution in [2.45, 2.75) is 25.8 Å². The van der Waals surface area contributed by atoms with Crippen LogP contribution in [-0.2, 0) is 16.1 Å². The topological polar surface area (TPSA) is 60.9 Å². The molecule has 4 atom stereocenters. The molecule has 0 aromatic heterocycles. The van der Waals surface area contributed by atoms with E-state index in [0.29, 0.717) is 13.1 Å². The number of hydrogen-bond acceptors (Lipinski definition) is 3. The van der Waals surface area contributed by atoms with Gasteiger partial charge in [0.2, 0.25) is 5.91 Å². The summed E-state index contributed by atoms with van der Waals surface area (Å²) < 4.78 is 0. The second-order valence-electron chi connectivity index (χ2n) is 7.95. The smallest absolute Gasteiger partial charge is 0.307 e. The number of amides is 1. The molecule has 1 aromatic rings. The molecule has 4 rings (SSSR count). The monoisotopic (exact) mass is 376 g/mol. The van der Waals surface area contributed by atoms with Crippen LogP contribution in [-0.4, -0.2) is 53.0 Å². The molecule has 3 fully saturated rings. The van der Waals surface area contributed by atoms with Gasteiger partial charge in [-0.15, -0.1) is 0 Å². The Kier molecular flexibility index (Phi) is 4.93. The van der Waals surface area contributed by atoms with E-state index in [4.69, 9.17) is 11.6 Å². The predicted molar refractivity (Wildman–Crippen MR) is 98.8 cm³/mol. The molecular weight excluding hydrogens is 352 g/mol. The lowest BCUT2D eigenvalue weighted by Gasteiger charge is -2.38. The van der Waals surface area contributed by atoms with Gasteiger partial charge < -0.3 is 10.0 Å². The van der Waals surface area contributed by atoms with Gasteiger partial charge in [0, 0.05) is 37.7 Å². The van der Waals surface area contributed by atoms with Gasteiger partial charge in [-0.3, -0.25) is 14.5 Å². The highest BCUT2D eigenvalue weighted by atomic mass is 35.5. The molecule has 5 nitrogen and oxygen atoms in total. The highest BCUT2D eigenvalue weighted by Gasteiger charge is 2.54. The Labute approximate surface area is 158 Å². The SMILES string of the molecule is O=C(O)[C@@H]1[C@H]2CC[C@@H](C2)[C@H]1C(=O)N1CCN(Cc2cccc(Cl)c2)CC1.